The molecule has 1 saturated heterocycles. The quantitative estimate of drug-likeness (QED) is 0.770. The predicted molar refractivity (Wildman–Crippen MR) is 104 cm³/mol. The van der Waals surface area contributed by atoms with E-state index in [1.165, 1.54) is 0 Å². The Morgan fingerprint density at radius 3 is 2.85 bits per heavy atom. The fourth-order valence-corrected chi connectivity index (χ4v) is 3.35. The lowest BCUT2D eigenvalue weighted by Gasteiger charge is -2.22. The number of anilines is 1. The zero-order chi connectivity index (χ0) is 18.4. The van der Waals surface area contributed by atoms with Crippen LogP contribution in [0.15, 0.2) is 30.7 Å². The van der Waals surface area contributed by atoms with E-state index in [-0.39, 0.29) is 12.5 Å². The van der Waals surface area contributed by atoms with Gasteiger partial charge in [-0.15, -0.1) is 0 Å². The Bertz CT molecular complexity index is 720. The monoisotopic (exact) mass is 375 g/mol. The van der Waals surface area contributed by atoms with Crippen molar-refractivity contribution in [3.05, 3.63) is 41.4 Å². The molecule has 0 spiro atoms. The highest BCUT2D eigenvalue weighted by molar-refractivity contribution is 6.33. The highest BCUT2D eigenvalue weighted by Crippen LogP contribution is 2.29. The summed E-state index contributed by atoms with van der Waals surface area (Å²) in [6.45, 7) is 4.78. The normalized spacial score (nSPS) is 16.4. The van der Waals surface area contributed by atoms with Gasteiger partial charge in [0.25, 0.3) is 0 Å². The number of hydrogen-bond acceptors (Lipinski definition) is 5. The molecule has 0 amide bonds. The van der Waals surface area contributed by atoms with Crippen LogP contribution in [0.5, 0.6) is 0 Å². The summed E-state index contributed by atoms with van der Waals surface area (Å²) in [6.07, 6.45) is 8.26. The van der Waals surface area contributed by atoms with Crippen molar-refractivity contribution in [1.82, 2.24) is 9.97 Å². The molecule has 1 fully saturated rings. The van der Waals surface area contributed by atoms with Crippen LogP contribution in [0.1, 0.15) is 25.5 Å². The Hall–Kier alpha value is -1.69. The zero-order valence-corrected chi connectivity index (χ0v) is 15.9. The van der Waals surface area contributed by atoms with Gasteiger partial charge in [0.1, 0.15) is 0 Å². The molecular formula is C20H26ClN3O2. The first-order valence-electron chi connectivity index (χ1n) is 9.18. The van der Waals surface area contributed by atoms with Crippen LogP contribution in [-0.4, -0.2) is 41.4 Å². The van der Waals surface area contributed by atoms with Crippen LogP contribution in [0.3, 0.4) is 0 Å². The summed E-state index contributed by atoms with van der Waals surface area (Å²) >= 11 is 6.38. The number of nitrogens with one attached hydrogen (secondary N) is 1. The van der Waals surface area contributed by atoms with Gasteiger partial charge in [-0.05, 0) is 43.2 Å². The van der Waals surface area contributed by atoms with Gasteiger partial charge in [0, 0.05) is 61.8 Å². The van der Waals surface area contributed by atoms with Crippen LogP contribution in [0, 0.1) is 11.8 Å². The third kappa shape index (κ3) is 5.16. The maximum absolute atomic E-state index is 9.26. The molecule has 3 heterocycles. The number of aromatic nitrogens is 2. The van der Waals surface area contributed by atoms with Crippen LogP contribution < -0.4 is 5.32 Å². The third-order valence-corrected chi connectivity index (χ3v) is 5.07. The molecule has 2 aromatic rings. The zero-order valence-electron chi connectivity index (χ0n) is 15.1. The number of aliphatic hydroxyl groups excluding tert-OH is 1. The molecule has 2 N–H and O–H groups in total. The molecule has 0 aromatic carbocycles. The van der Waals surface area contributed by atoms with E-state index in [4.69, 9.17) is 16.3 Å². The van der Waals surface area contributed by atoms with Gasteiger partial charge in [0.2, 0.25) is 0 Å². The molecule has 26 heavy (non-hydrogen) atoms. The van der Waals surface area contributed by atoms with E-state index < -0.39 is 0 Å². The predicted octanol–water partition coefficient (Wildman–Crippen LogP) is 3.81. The number of ether oxygens (including phenoxy) is 1. The summed E-state index contributed by atoms with van der Waals surface area (Å²) in [5, 5.41) is 13.4. The van der Waals surface area contributed by atoms with E-state index in [1.54, 1.807) is 6.20 Å². The van der Waals surface area contributed by atoms with Crippen molar-refractivity contribution in [3.8, 4) is 11.1 Å². The molecule has 0 radical (unpaired) electrons. The largest absolute Gasteiger partial charge is 0.396 e. The molecule has 3 rings (SSSR count). The van der Waals surface area contributed by atoms with E-state index in [0.717, 1.165) is 61.5 Å². The summed E-state index contributed by atoms with van der Waals surface area (Å²) < 4.78 is 5.41. The van der Waals surface area contributed by atoms with Gasteiger partial charge in [0.05, 0.1) is 10.7 Å². The first kappa shape index (κ1) is 19.1. The number of nitrogens with zero attached hydrogens (tertiary/aromatic N) is 2. The lowest BCUT2D eigenvalue weighted by molar-refractivity contribution is 0.0699. The van der Waals surface area contributed by atoms with E-state index in [9.17, 15) is 5.11 Å². The highest BCUT2D eigenvalue weighted by Gasteiger charge is 2.14. The maximum Gasteiger partial charge on any atom is 0.0668 e. The van der Waals surface area contributed by atoms with Gasteiger partial charge in [-0.3, -0.25) is 9.97 Å². The van der Waals surface area contributed by atoms with Gasteiger partial charge in [-0.1, -0.05) is 18.5 Å². The average Bonchev–Trinajstić information content (AvgIpc) is 2.69. The summed E-state index contributed by atoms with van der Waals surface area (Å²) in [5.74, 6) is 0.811. The van der Waals surface area contributed by atoms with Crippen molar-refractivity contribution in [2.45, 2.75) is 26.2 Å². The van der Waals surface area contributed by atoms with Crippen molar-refractivity contribution in [2.24, 2.45) is 11.8 Å². The number of hydrogen-bond donors (Lipinski definition) is 2. The lowest BCUT2D eigenvalue weighted by atomic mass is 10.00. The highest BCUT2D eigenvalue weighted by atomic mass is 35.5. The van der Waals surface area contributed by atoms with Crippen molar-refractivity contribution in [3.63, 3.8) is 0 Å². The second-order valence-electron chi connectivity index (χ2n) is 7.05. The molecule has 5 nitrogen and oxygen atoms in total. The fraction of sp³-hybridized carbons (Fsp3) is 0.500. The topological polar surface area (TPSA) is 67.3 Å². The Balaban J connectivity index is 1.73. The number of halogens is 1. The molecule has 2 aromatic heterocycles. The standard InChI is InChI=1S/C20H26ClN3O2/c1-14(13-25)6-17-8-19(20(21)12-24-17)16-7-18(11-22-10-16)23-9-15-2-4-26-5-3-15/h7-8,10-12,14-15,23,25H,2-6,9,13H2,1H3/t14-/m1/s1. The molecule has 1 atom stereocenters. The summed E-state index contributed by atoms with van der Waals surface area (Å²) in [4.78, 5) is 8.75. The van der Waals surface area contributed by atoms with Gasteiger partial charge < -0.3 is 15.2 Å². The molecule has 1 aliphatic rings. The van der Waals surface area contributed by atoms with Crippen LogP contribution in [0.25, 0.3) is 11.1 Å². The Morgan fingerprint density at radius 2 is 2.08 bits per heavy atom. The van der Waals surface area contributed by atoms with Gasteiger partial charge in [-0.2, -0.15) is 0 Å². The van der Waals surface area contributed by atoms with Crippen LogP contribution in [0.4, 0.5) is 5.69 Å². The van der Waals surface area contributed by atoms with Crippen molar-refractivity contribution in [1.29, 1.82) is 0 Å². The summed E-state index contributed by atoms with van der Waals surface area (Å²) in [7, 11) is 0. The first-order chi connectivity index (χ1) is 12.7. The van der Waals surface area contributed by atoms with Crippen LogP contribution in [0.2, 0.25) is 5.02 Å². The minimum atomic E-state index is 0.146. The minimum absolute atomic E-state index is 0.146. The molecule has 1 aliphatic heterocycles. The second kappa shape index (κ2) is 9.31. The summed E-state index contributed by atoms with van der Waals surface area (Å²) in [6, 6.07) is 4.07. The number of aliphatic hydroxyl groups is 1. The van der Waals surface area contributed by atoms with E-state index >= 15 is 0 Å². The third-order valence-electron chi connectivity index (χ3n) is 4.77. The second-order valence-corrected chi connectivity index (χ2v) is 7.45. The Labute approximate surface area is 159 Å². The van der Waals surface area contributed by atoms with E-state index in [2.05, 4.69) is 21.4 Å². The Kier molecular flexibility index (Phi) is 6.83. The smallest absolute Gasteiger partial charge is 0.0668 e. The molecular weight excluding hydrogens is 350 g/mol. The maximum atomic E-state index is 9.26. The molecule has 140 valence electrons. The van der Waals surface area contributed by atoms with Crippen molar-refractivity contribution < 1.29 is 9.84 Å². The molecule has 6 heteroatoms. The Morgan fingerprint density at radius 1 is 1.27 bits per heavy atom. The molecule has 0 aliphatic carbocycles. The molecule has 0 unspecified atom stereocenters. The van der Waals surface area contributed by atoms with E-state index in [0.29, 0.717) is 10.9 Å². The van der Waals surface area contributed by atoms with Crippen LogP contribution in [-0.2, 0) is 11.2 Å². The first-order valence-corrected chi connectivity index (χ1v) is 9.56. The fourth-order valence-electron chi connectivity index (χ4n) is 3.13. The van der Waals surface area contributed by atoms with Crippen molar-refractivity contribution >= 4 is 17.3 Å². The average molecular weight is 376 g/mol. The number of pyridine rings is 2. The SMILES string of the molecule is C[C@@H](CO)Cc1cc(-c2cncc(NCC3CCOCC3)c2)c(Cl)cn1. The van der Waals surface area contributed by atoms with Gasteiger partial charge >= 0.3 is 0 Å². The molecule has 0 bridgehead atoms. The van der Waals surface area contributed by atoms with Gasteiger partial charge in [-0.25, -0.2) is 0 Å². The van der Waals surface area contributed by atoms with Crippen molar-refractivity contribution in [2.75, 3.05) is 31.7 Å². The minimum Gasteiger partial charge on any atom is -0.396 e. The lowest BCUT2D eigenvalue weighted by Crippen LogP contribution is -2.22. The van der Waals surface area contributed by atoms with Crippen LogP contribution >= 0.6 is 11.6 Å². The summed E-state index contributed by atoms with van der Waals surface area (Å²) in [5.41, 5.74) is 3.80. The molecule has 0 saturated carbocycles. The van der Waals surface area contributed by atoms with Gasteiger partial charge in [0.15, 0.2) is 0 Å². The number of rotatable bonds is 7. The van der Waals surface area contributed by atoms with E-state index in [1.807, 2.05) is 25.4 Å².